The van der Waals surface area contributed by atoms with Crippen LogP contribution >= 0.6 is 0 Å². The van der Waals surface area contributed by atoms with Crippen molar-refractivity contribution in [3.63, 3.8) is 0 Å². The van der Waals surface area contributed by atoms with E-state index >= 15 is 4.39 Å². The van der Waals surface area contributed by atoms with Gasteiger partial charge in [-0.3, -0.25) is 4.79 Å². The Labute approximate surface area is 238 Å². The minimum Gasteiger partial charge on any atom is -0.462 e. The molecule has 41 heavy (non-hydrogen) atoms. The van der Waals surface area contributed by atoms with Crippen LogP contribution in [0.2, 0.25) is 0 Å². The van der Waals surface area contributed by atoms with Crippen molar-refractivity contribution in [3.05, 3.63) is 59.7 Å². The SMILES string of the molecule is C=C(F)C(=O)N1CCC2[C@H]1CN2c1nc(OC[C@@H]2CCCN2C)nc2c(F)c(-c3cccc4c3CCCC4)ccc12. The van der Waals surface area contributed by atoms with Crippen LogP contribution in [0.3, 0.4) is 0 Å². The first-order valence-corrected chi connectivity index (χ1v) is 14.8. The van der Waals surface area contributed by atoms with E-state index in [2.05, 4.69) is 34.5 Å². The molecule has 7 nitrogen and oxygen atoms in total. The second-order valence-electron chi connectivity index (χ2n) is 11.9. The van der Waals surface area contributed by atoms with Gasteiger partial charge in [-0.2, -0.15) is 9.97 Å². The van der Waals surface area contributed by atoms with Gasteiger partial charge in [-0.05, 0) is 81.3 Å². The molecule has 7 rings (SSSR count). The normalized spacial score (nSPS) is 23.8. The Balaban J connectivity index is 1.28. The molecule has 1 amide bonds. The van der Waals surface area contributed by atoms with E-state index in [0.717, 1.165) is 50.6 Å². The zero-order chi connectivity index (χ0) is 28.2. The fourth-order valence-corrected chi connectivity index (χ4v) is 7.28. The van der Waals surface area contributed by atoms with Crippen molar-refractivity contribution in [2.75, 3.05) is 38.2 Å². The number of hydrogen-bond acceptors (Lipinski definition) is 6. The van der Waals surface area contributed by atoms with Crippen LogP contribution in [-0.2, 0) is 17.6 Å². The first-order valence-electron chi connectivity index (χ1n) is 14.8. The van der Waals surface area contributed by atoms with Crippen LogP contribution in [0.4, 0.5) is 14.6 Å². The van der Waals surface area contributed by atoms with E-state index in [1.165, 1.54) is 11.1 Å². The maximum Gasteiger partial charge on any atom is 0.319 e. The molecule has 1 aromatic heterocycles. The predicted molar refractivity (Wildman–Crippen MR) is 154 cm³/mol. The Kier molecular flexibility index (Phi) is 6.64. The van der Waals surface area contributed by atoms with E-state index in [9.17, 15) is 9.18 Å². The second kappa shape index (κ2) is 10.4. The lowest BCUT2D eigenvalue weighted by Gasteiger charge is -2.47. The highest BCUT2D eigenvalue weighted by Gasteiger charge is 2.50. The molecule has 3 fully saturated rings. The Morgan fingerprint density at radius 2 is 1.90 bits per heavy atom. The maximum absolute atomic E-state index is 16.5. The number of likely N-dealkylation sites (N-methyl/N-ethyl adjacent to an activating group) is 1. The van der Waals surface area contributed by atoms with Crippen molar-refractivity contribution < 1.29 is 18.3 Å². The van der Waals surface area contributed by atoms with E-state index in [1.54, 1.807) is 4.90 Å². The van der Waals surface area contributed by atoms with Crippen LogP contribution in [0, 0.1) is 5.82 Å². The summed E-state index contributed by atoms with van der Waals surface area (Å²) in [5.74, 6) is -1.37. The summed E-state index contributed by atoms with van der Waals surface area (Å²) in [4.78, 5) is 27.7. The average Bonchev–Trinajstić information content (AvgIpc) is 3.53. The molecule has 1 unspecified atom stereocenters. The number of benzene rings is 2. The van der Waals surface area contributed by atoms with E-state index in [1.807, 2.05) is 24.3 Å². The van der Waals surface area contributed by atoms with Gasteiger partial charge in [0.25, 0.3) is 5.91 Å². The summed E-state index contributed by atoms with van der Waals surface area (Å²) in [6, 6.07) is 10.2. The van der Waals surface area contributed by atoms with E-state index in [0.29, 0.717) is 42.9 Å². The van der Waals surface area contributed by atoms with Gasteiger partial charge in [-0.25, -0.2) is 8.78 Å². The third-order valence-corrected chi connectivity index (χ3v) is 9.59. The number of ether oxygens (including phenoxy) is 1. The molecule has 0 radical (unpaired) electrons. The largest absolute Gasteiger partial charge is 0.462 e. The molecule has 9 heteroatoms. The zero-order valence-electron chi connectivity index (χ0n) is 23.4. The lowest BCUT2D eigenvalue weighted by Crippen LogP contribution is -2.63. The van der Waals surface area contributed by atoms with Crippen LogP contribution in [-0.4, -0.2) is 77.1 Å². The van der Waals surface area contributed by atoms with Gasteiger partial charge in [0.15, 0.2) is 11.6 Å². The molecule has 3 aliphatic heterocycles. The van der Waals surface area contributed by atoms with Gasteiger partial charge in [-0.15, -0.1) is 0 Å². The highest BCUT2D eigenvalue weighted by molar-refractivity contribution is 5.95. The van der Waals surface area contributed by atoms with E-state index in [-0.39, 0.29) is 35.5 Å². The van der Waals surface area contributed by atoms with Crippen molar-refractivity contribution in [1.82, 2.24) is 19.8 Å². The fraction of sp³-hybridized carbons (Fsp3) is 0.469. The third kappa shape index (κ3) is 4.45. The molecule has 0 bridgehead atoms. The van der Waals surface area contributed by atoms with Crippen LogP contribution in [0.15, 0.2) is 42.7 Å². The van der Waals surface area contributed by atoms with Gasteiger partial charge in [0.2, 0.25) is 0 Å². The number of amides is 1. The summed E-state index contributed by atoms with van der Waals surface area (Å²) in [7, 11) is 2.08. The summed E-state index contributed by atoms with van der Waals surface area (Å²) in [6.07, 6.45) is 7.05. The van der Waals surface area contributed by atoms with E-state index < -0.39 is 11.7 Å². The molecule has 214 valence electrons. The van der Waals surface area contributed by atoms with Gasteiger partial charge < -0.3 is 19.4 Å². The number of aromatic nitrogens is 2. The lowest BCUT2D eigenvalue weighted by molar-refractivity contribution is -0.130. The smallest absolute Gasteiger partial charge is 0.319 e. The van der Waals surface area contributed by atoms with Crippen molar-refractivity contribution >= 4 is 22.6 Å². The highest BCUT2D eigenvalue weighted by Crippen LogP contribution is 2.42. The molecule has 4 aliphatic rings. The number of nitrogens with zero attached hydrogens (tertiary/aromatic N) is 5. The Bertz CT molecular complexity index is 1540. The first-order chi connectivity index (χ1) is 19.9. The van der Waals surface area contributed by atoms with Gasteiger partial charge in [0.1, 0.15) is 17.9 Å². The molecule has 0 N–H and O–H groups in total. The minimum absolute atomic E-state index is 0.0332. The fourth-order valence-electron chi connectivity index (χ4n) is 7.28. The number of likely N-dealkylation sites (tertiary alicyclic amines) is 2. The standard InChI is InChI=1S/C32H35F2N5O2/c1-19(33)31(40)38-16-14-26-27(38)17-39(26)30-25-13-12-24(23-11-5-8-20-7-3-4-10-22(20)23)28(34)29(25)35-32(36-30)41-18-21-9-6-15-37(21)2/h5,8,11-13,21,26-27H,1,3-4,6-7,9-10,14-18H2,2H3/t21-,26?,27+/m0/s1. The molecule has 2 aromatic carbocycles. The summed E-state index contributed by atoms with van der Waals surface area (Å²) in [5, 5.41) is 0.611. The highest BCUT2D eigenvalue weighted by atomic mass is 19.1. The van der Waals surface area contributed by atoms with Crippen LogP contribution < -0.4 is 9.64 Å². The van der Waals surface area contributed by atoms with Crippen molar-refractivity contribution in [1.29, 1.82) is 0 Å². The number of hydrogen-bond donors (Lipinski definition) is 0. The van der Waals surface area contributed by atoms with Crippen molar-refractivity contribution in [2.24, 2.45) is 0 Å². The Hall–Kier alpha value is -3.59. The van der Waals surface area contributed by atoms with Crippen LogP contribution in [0.5, 0.6) is 6.01 Å². The maximum atomic E-state index is 16.5. The van der Waals surface area contributed by atoms with E-state index in [4.69, 9.17) is 9.72 Å². The number of rotatable bonds is 6. The summed E-state index contributed by atoms with van der Waals surface area (Å²) < 4.78 is 36.3. The van der Waals surface area contributed by atoms with Gasteiger partial charge in [-0.1, -0.05) is 30.8 Å². The minimum atomic E-state index is -0.943. The molecule has 0 saturated carbocycles. The first kappa shape index (κ1) is 26.3. The summed E-state index contributed by atoms with van der Waals surface area (Å²) >= 11 is 0. The Morgan fingerprint density at radius 1 is 1.05 bits per heavy atom. The number of halogens is 2. The second-order valence-corrected chi connectivity index (χ2v) is 11.9. The Morgan fingerprint density at radius 3 is 2.71 bits per heavy atom. The molecule has 3 saturated heterocycles. The predicted octanol–water partition coefficient (Wildman–Crippen LogP) is 5.06. The molecule has 0 spiro atoms. The average molecular weight is 560 g/mol. The molecule has 1 aliphatic carbocycles. The summed E-state index contributed by atoms with van der Waals surface area (Å²) in [6.45, 7) is 5.57. The molecule has 3 atom stereocenters. The number of anilines is 1. The summed E-state index contributed by atoms with van der Waals surface area (Å²) in [5.41, 5.74) is 4.23. The number of carbonyl (C=O) groups excluding carboxylic acids is 1. The van der Waals surface area contributed by atoms with Crippen molar-refractivity contribution in [2.45, 2.75) is 63.1 Å². The molecular formula is C32H35F2N5O2. The monoisotopic (exact) mass is 559 g/mol. The third-order valence-electron chi connectivity index (χ3n) is 9.59. The van der Waals surface area contributed by atoms with Gasteiger partial charge >= 0.3 is 6.01 Å². The van der Waals surface area contributed by atoms with Crippen LogP contribution in [0.25, 0.3) is 22.0 Å². The van der Waals surface area contributed by atoms with Crippen LogP contribution in [0.1, 0.15) is 43.2 Å². The lowest BCUT2D eigenvalue weighted by atomic mass is 9.85. The molecular weight excluding hydrogens is 524 g/mol. The number of fused-ring (bicyclic) bond motifs is 3. The molecule has 3 aromatic rings. The van der Waals surface area contributed by atoms with Gasteiger partial charge in [0.05, 0.1) is 12.1 Å². The van der Waals surface area contributed by atoms with Crippen molar-refractivity contribution in [3.8, 4) is 17.1 Å². The quantitative estimate of drug-likeness (QED) is 0.394. The van der Waals surface area contributed by atoms with Gasteiger partial charge in [0, 0.05) is 30.1 Å². The number of carbonyl (C=O) groups is 1. The molecule has 4 heterocycles. The number of aryl methyl sites for hydroxylation is 1. The zero-order valence-corrected chi connectivity index (χ0v) is 23.4. The topological polar surface area (TPSA) is 61.8 Å².